The molecule has 1 unspecified atom stereocenters. The molecule has 0 fully saturated rings. The number of fused-ring (bicyclic) bond motifs is 2. The van der Waals surface area contributed by atoms with Gasteiger partial charge in [0.1, 0.15) is 0 Å². The topological polar surface area (TPSA) is 0 Å². The molecule has 0 saturated carbocycles. The fraction of sp³-hybridized carbons (Fsp3) is 0.0667. The Kier molecular flexibility index (Phi) is 8.34. The monoisotopic (exact) mass is 632 g/mol. The SMILES string of the molecule is C1=CC2=CC(c3ccccc3-c3ccccc3C3=Cc4ccccc4C3)=CC2C=C1.[Cl-].[Cl-].[Hf+2]. The smallest absolute Gasteiger partial charge is 1.00 e. The molecule has 1 atom stereocenters. The molecular formula is C30H22Cl2Hf. The molecule has 0 N–H and O–H groups in total. The van der Waals surface area contributed by atoms with Gasteiger partial charge in [-0.25, -0.2) is 0 Å². The van der Waals surface area contributed by atoms with Gasteiger partial charge < -0.3 is 24.8 Å². The number of hydrogen-bond acceptors (Lipinski definition) is 0. The molecule has 160 valence electrons. The van der Waals surface area contributed by atoms with Crippen molar-refractivity contribution < 1.29 is 50.7 Å². The van der Waals surface area contributed by atoms with Crippen LogP contribution in [0, 0.1) is 5.92 Å². The van der Waals surface area contributed by atoms with Crippen molar-refractivity contribution in [3.8, 4) is 11.1 Å². The Labute approximate surface area is 227 Å². The van der Waals surface area contributed by atoms with Gasteiger partial charge in [0, 0.05) is 5.92 Å². The Bertz CT molecular complexity index is 1320. The maximum atomic E-state index is 2.39. The van der Waals surface area contributed by atoms with Crippen molar-refractivity contribution in [1.82, 2.24) is 0 Å². The van der Waals surface area contributed by atoms with Crippen LogP contribution in [0.1, 0.15) is 22.3 Å². The maximum absolute atomic E-state index is 2.39. The zero-order chi connectivity index (χ0) is 19.9. The van der Waals surface area contributed by atoms with E-state index in [0.717, 1.165) is 6.42 Å². The molecule has 0 bridgehead atoms. The molecular weight excluding hydrogens is 610 g/mol. The first kappa shape index (κ1) is 25.4. The summed E-state index contributed by atoms with van der Waals surface area (Å²) in [7, 11) is 0. The van der Waals surface area contributed by atoms with E-state index in [1.54, 1.807) is 0 Å². The van der Waals surface area contributed by atoms with E-state index in [2.05, 4.69) is 115 Å². The molecule has 6 rings (SSSR count). The molecule has 3 aromatic rings. The van der Waals surface area contributed by atoms with Gasteiger partial charge in [-0.05, 0) is 56.5 Å². The van der Waals surface area contributed by atoms with Gasteiger partial charge in [0.05, 0.1) is 0 Å². The third kappa shape index (κ3) is 4.73. The van der Waals surface area contributed by atoms with E-state index >= 15 is 0 Å². The molecule has 3 aromatic carbocycles. The van der Waals surface area contributed by atoms with E-state index < -0.39 is 0 Å². The number of hydrogen-bond donors (Lipinski definition) is 0. The summed E-state index contributed by atoms with van der Waals surface area (Å²) in [6.07, 6.45) is 16.9. The van der Waals surface area contributed by atoms with Crippen LogP contribution in [0.5, 0.6) is 0 Å². The summed E-state index contributed by atoms with van der Waals surface area (Å²) in [5.74, 6) is 0.403. The van der Waals surface area contributed by atoms with Crippen molar-refractivity contribution in [2.75, 3.05) is 0 Å². The zero-order valence-corrected chi connectivity index (χ0v) is 23.1. The largest absolute Gasteiger partial charge is 2.00 e. The predicted octanol–water partition coefficient (Wildman–Crippen LogP) is 1.52. The Morgan fingerprint density at radius 1 is 0.636 bits per heavy atom. The van der Waals surface area contributed by atoms with E-state index in [1.807, 2.05) is 0 Å². The first-order valence-electron chi connectivity index (χ1n) is 10.6. The van der Waals surface area contributed by atoms with Gasteiger partial charge in [0.2, 0.25) is 0 Å². The van der Waals surface area contributed by atoms with Crippen LogP contribution in [-0.2, 0) is 32.3 Å². The van der Waals surface area contributed by atoms with Crippen LogP contribution < -0.4 is 24.8 Å². The Hall–Kier alpha value is -2.19. The van der Waals surface area contributed by atoms with E-state index in [9.17, 15) is 0 Å². The third-order valence-electron chi connectivity index (χ3n) is 6.35. The fourth-order valence-corrected chi connectivity index (χ4v) is 4.88. The average Bonchev–Trinajstić information content (AvgIpc) is 3.43. The van der Waals surface area contributed by atoms with Gasteiger partial charge in [-0.1, -0.05) is 115 Å². The standard InChI is InChI=1S/C30H22.2ClH.Hf/c1-2-10-22-18-25(17-21(22)9-1)27-13-5-7-15-29(27)30-16-8-6-14-28(30)26-19-23-11-3-4-12-24(23)20-26;;;/h1-19,21H,20H2;2*1H;/q;;;+2/p-2. The van der Waals surface area contributed by atoms with Crippen molar-refractivity contribution in [3.05, 3.63) is 137 Å². The summed E-state index contributed by atoms with van der Waals surface area (Å²) in [4.78, 5) is 0. The van der Waals surface area contributed by atoms with Crippen LogP contribution >= 0.6 is 0 Å². The summed E-state index contributed by atoms with van der Waals surface area (Å²) in [5.41, 5.74) is 12.1. The van der Waals surface area contributed by atoms with E-state index in [1.165, 1.54) is 50.1 Å². The molecule has 3 aliphatic rings. The number of benzene rings is 3. The molecule has 3 aliphatic carbocycles. The van der Waals surface area contributed by atoms with Crippen molar-refractivity contribution >= 4 is 17.2 Å². The Morgan fingerprint density at radius 2 is 1.27 bits per heavy atom. The predicted molar refractivity (Wildman–Crippen MR) is 128 cm³/mol. The average molecular weight is 632 g/mol. The molecule has 0 radical (unpaired) electrons. The first-order chi connectivity index (χ1) is 14.9. The second-order valence-electron chi connectivity index (χ2n) is 8.17. The molecule has 0 spiro atoms. The van der Waals surface area contributed by atoms with Crippen LogP contribution in [0.4, 0.5) is 0 Å². The van der Waals surface area contributed by atoms with Crippen molar-refractivity contribution in [3.63, 3.8) is 0 Å². The van der Waals surface area contributed by atoms with Crippen molar-refractivity contribution in [2.24, 2.45) is 5.92 Å². The number of allylic oxidation sites excluding steroid dienone is 9. The second kappa shape index (κ2) is 10.8. The molecule has 0 aromatic heterocycles. The molecule has 0 heterocycles. The van der Waals surface area contributed by atoms with Gasteiger partial charge in [-0.3, -0.25) is 0 Å². The number of halogens is 2. The van der Waals surface area contributed by atoms with E-state index in [0.29, 0.717) is 5.92 Å². The van der Waals surface area contributed by atoms with Gasteiger partial charge in [-0.2, -0.15) is 0 Å². The normalized spacial score (nSPS) is 16.8. The van der Waals surface area contributed by atoms with Crippen LogP contribution in [0.3, 0.4) is 0 Å². The Balaban J connectivity index is 0.00000102. The third-order valence-corrected chi connectivity index (χ3v) is 6.35. The van der Waals surface area contributed by atoms with Crippen LogP contribution in [0.15, 0.2) is 115 Å². The minimum atomic E-state index is 0. The summed E-state index contributed by atoms with van der Waals surface area (Å²) >= 11 is 0. The maximum Gasteiger partial charge on any atom is 2.00 e. The van der Waals surface area contributed by atoms with Crippen molar-refractivity contribution in [1.29, 1.82) is 0 Å². The van der Waals surface area contributed by atoms with Gasteiger partial charge >= 0.3 is 25.8 Å². The summed E-state index contributed by atoms with van der Waals surface area (Å²) in [6, 6.07) is 26.4. The van der Waals surface area contributed by atoms with Crippen LogP contribution in [-0.4, -0.2) is 0 Å². The molecule has 3 heteroatoms. The van der Waals surface area contributed by atoms with Gasteiger partial charge in [0.25, 0.3) is 0 Å². The molecule has 0 saturated heterocycles. The van der Waals surface area contributed by atoms with Crippen molar-refractivity contribution in [2.45, 2.75) is 6.42 Å². The van der Waals surface area contributed by atoms with Crippen LogP contribution in [0.25, 0.3) is 28.3 Å². The minimum absolute atomic E-state index is 0. The quantitative estimate of drug-likeness (QED) is 0.385. The van der Waals surface area contributed by atoms with Gasteiger partial charge in [0.15, 0.2) is 0 Å². The summed E-state index contributed by atoms with van der Waals surface area (Å²) in [6.45, 7) is 0. The summed E-state index contributed by atoms with van der Waals surface area (Å²) < 4.78 is 0. The number of rotatable bonds is 3. The zero-order valence-electron chi connectivity index (χ0n) is 18.0. The fourth-order valence-electron chi connectivity index (χ4n) is 4.88. The Morgan fingerprint density at radius 3 is 2.00 bits per heavy atom. The molecule has 0 aliphatic heterocycles. The molecule has 0 nitrogen and oxygen atoms in total. The van der Waals surface area contributed by atoms with E-state index in [4.69, 9.17) is 0 Å². The van der Waals surface area contributed by atoms with Crippen LogP contribution in [0.2, 0.25) is 0 Å². The van der Waals surface area contributed by atoms with Gasteiger partial charge in [-0.15, -0.1) is 0 Å². The first-order valence-corrected chi connectivity index (χ1v) is 10.6. The molecule has 33 heavy (non-hydrogen) atoms. The second-order valence-corrected chi connectivity index (χ2v) is 8.17. The molecule has 0 amide bonds. The van der Waals surface area contributed by atoms with E-state index in [-0.39, 0.29) is 50.7 Å². The minimum Gasteiger partial charge on any atom is -1.00 e. The summed E-state index contributed by atoms with van der Waals surface area (Å²) in [5, 5.41) is 0.